The van der Waals surface area contributed by atoms with E-state index in [4.69, 9.17) is 5.53 Å². The molecule has 2 N–H and O–H groups in total. The van der Waals surface area contributed by atoms with Crippen LogP contribution < -0.4 is 10.3 Å². The summed E-state index contributed by atoms with van der Waals surface area (Å²) >= 11 is 0. The molecule has 0 fully saturated rings. The molecule has 4 heteroatoms. The number of benzene rings is 2. The maximum absolute atomic E-state index is 6.61. The highest BCUT2D eigenvalue weighted by atomic mass is 15.4. The smallest absolute Gasteiger partial charge is 0.131 e. The fraction of sp³-hybridized carbons (Fsp3) is 0.0769. The lowest BCUT2D eigenvalue weighted by molar-refractivity contribution is 0.946. The van der Waals surface area contributed by atoms with E-state index in [-0.39, 0.29) is 0 Å². The van der Waals surface area contributed by atoms with Crippen molar-refractivity contribution in [3.63, 3.8) is 0 Å². The van der Waals surface area contributed by atoms with Crippen LogP contribution >= 0.6 is 0 Å². The first-order valence-electron chi connectivity index (χ1n) is 5.42. The molecule has 4 nitrogen and oxygen atoms in total. The summed E-state index contributed by atoms with van der Waals surface area (Å²) in [5.41, 5.74) is 15.4. The highest BCUT2D eigenvalue weighted by molar-refractivity contribution is 5.78. The van der Waals surface area contributed by atoms with Gasteiger partial charge in [0.05, 0.1) is 4.91 Å². The van der Waals surface area contributed by atoms with Gasteiger partial charge in [0.2, 0.25) is 5.22 Å². The van der Waals surface area contributed by atoms with Crippen molar-refractivity contribution in [3.8, 4) is 11.1 Å². The number of nitrogens with zero attached hydrogens (tertiary/aromatic N) is 2. The van der Waals surface area contributed by atoms with Gasteiger partial charge in [0.15, 0.2) is 0 Å². The van der Waals surface area contributed by atoms with Crippen molar-refractivity contribution in [2.45, 2.75) is 6.42 Å². The quantitative estimate of drug-likeness (QED) is 0.391. The largest absolute Gasteiger partial charge is 0.220 e. The Morgan fingerprint density at radius 1 is 1.06 bits per heavy atom. The van der Waals surface area contributed by atoms with Crippen molar-refractivity contribution in [2.24, 2.45) is 5.22 Å². The summed E-state index contributed by atoms with van der Waals surface area (Å²) in [5.74, 6) is 0. The van der Waals surface area contributed by atoms with Crippen molar-refractivity contribution in [1.29, 1.82) is 5.53 Å². The summed E-state index contributed by atoms with van der Waals surface area (Å²) in [6, 6.07) is 14.5. The first-order valence-corrected chi connectivity index (χ1v) is 5.42. The highest BCUT2D eigenvalue weighted by Gasteiger charge is 2.18. The van der Waals surface area contributed by atoms with Crippen LogP contribution in [0.4, 0.5) is 5.69 Å². The molecule has 0 heterocycles. The van der Waals surface area contributed by atoms with Crippen LogP contribution in [0.2, 0.25) is 0 Å². The van der Waals surface area contributed by atoms with E-state index >= 15 is 0 Å². The number of hydrogen-bond donors (Lipinski definition) is 2. The molecule has 1 aliphatic rings. The Morgan fingerprint density at radius 3 is 2.76 bits per heavy atom. The number of fused-ring (bicyclic) bond motifs is 3. The van der Waals surface area contributed by atoms with Crippen molar-refractivity contribution >= 4 is 5.69 Å². The molecule has 0 saturated heterocycles. The molecule has 3 rings (SSSR count). The molecule has 0 bridgehead atoms. The molecule has 0 spiro atoms. The van der Waals surface area contributed by atoms with Gasteiger partial charge in [-0.25, -0.2) is 0 Å². The number of nitrogens with one attached hydrogen (secondary N) is 2. The minimum absolute atomic E-state index is 0.868. The van der Waals surface area contributed by atoms with Crippen LogP contribution in [0, 0.1) is 5.53 Å². The van der Waals surface area contributed by atoms with E-state index < -0.39 is 0 Å². The third-order valence-electron chi connectivity index (χ3n) is 3.02. The summed E-state index contributed by atoms with van der Waals surface area (Å²) < 4.78 is 0. The predicted octanol–water partition coefficient (Wildman–Crippen LogP) is 3.14. The van der Waals surface area contributed by atoms with E-state index in [1.165, 1.54) is 22.3 Å². The Labute approximate surface area is 98.5 Å². The molecule has 2 aromatic carbocycles. The number of rotatable bonds is 2. The Balaban J connectivity index is 2.03. The van der Waals surface area contributed by atoms with Gasteiger partial charge in [-0.05, 0) is 52.4 Å². The van der Waals surface area contributed by atoms with Crippen LogP contribution in [0.5, 0.6) is 0 Å². The standard InChI is InChI=1S/C13H10N4/c14-16-17-15-11-5-6-13-10(8-11)7-9-3-1-2-4-12(9)13/h1-6,8,14H,7H2/p+1. The Hall–Kier alpha value is -2.45. The van der Waals surface area contributed by atoms with E-state index in [1.54, 1.807) is 0 Å². The van der Waals surface area contributed by atoms with Crippen molar-refractivity contribution < 1.29 is 0 Å². The van der Waals surface area contributed by atoms with Crippen LogP contribution in [-0.4, -0.2) is 0 Å². The molecule has 0 atom stereocenters. The lowest BCUT2D eigenvalue weighted by atomic mass is 10.1. The zero-order chi connectivity index (χ0) is 11.7. The second kappa shape index (κ2) is 3.85. The Morgan fingerprint density at radius 2 is 1.88 bits per heavy atom. The summed E-state index contributed by atoms with van der Waals surface area (Å²) in [6.07, 6.45) is 0.957. The van der Waals surface area contributed by atoms with Gasteiger partial charge in [-0.15, -0.1) is 5.43 Å². The average molecular weight is 223 g/mol. The summed E-state index contributed by atoms with van der Waals surface area (Å²) in [5, 5.41) is 3.46. The van der Waals surface area contributed by atoms with Crippen LogP contribution in [0.25, 0.3) is 11.1 Å². The minimum Gasteiger partial charge on any atom is -0.131 e. The maximum Gasteiger partial charge on any atom is 0.220 e. The summed E-state index contributed by atoms with van der Waals surface area (Å²) in [7, 11) is 0. The molecule has 0 radical (unpaired) electrons. The molecule has 0 amide bonds. The molecule has 82 valence electrons. The molecule has 0 aliphatic heterocycles. The number of hydrogen-bond acceptors (Lipinski definition) is 2. The SMILES string of the molecule is N=[N+]=NNc1ccc2c(c1)Cc1ccccc1-2. The van der Waals surface area contributed by atoms with Crippen LogP contribution in [-0.2, 0) is 6.42 Å². The van der Waals surface area contributed by atoms with Crippen molar-refractivity contribution in [1.82, 2.24) is 4.91 Å². The predicted molar refractivity (Wildman–Crippen MR) is 65.6 cm³/mol. The number of anilines is 1. The van der Waals surface area contributed by atoms with Gasteiger partial charge in [0, 0.05) is 0 Å². The Bertz CT molecular complexity index is 627. The summed E-state index contributed by atoms with van der Waals surface area (Å²) in [6.45, 7) is 0. The van der Waals surface area contributed by atoms with Gasteiger partial charge in [-0.2, -0.15) is 0 Å². The maximum atomic E-state index is 6.61. The molecule has 2 aromatic rings. The van der Waals surface area contributed by atoms with E-state index in [0.717, 1.165) is 12.1 Å². The zero-order valence-corrected chi connectivity index (χ0v) is 9.14. The normalized spacial score (nSPS) is 11.3. The molecule has 0 aromatic heterocycles. The van der Waals surface area contributed by atoms with E-state index in [2.05, 4.69) is 52.0 Å². The van der Waals surface area contributed by atoms with Crippen LogP contribution in [0.1, 0.15) is 11.1 Å². The molecular formula is C13H11N4+. The summed E-state index contributed by atoms with van der Waals surface area (Å²) in [4.78, 5) is 2.93. The van der Waals surface area contributed by atoms with E-state index in [9.17, 15) is 0 Å². The molecular weight excluding hydrogens is 212 g/mol. The van der Waals surface area contributed by atoms with Gasteiger partial charge in [-0.1, -0.05) is 24.3 Å². The minimum atomic E-state index is 0.868. The lowest BCUT2D eigenvalue weighted by Crippen LogP contribution is -1.89. The monoisotopic (exact) mass is 223 g/mol. The fourth-order valence-electron chi connectivity index (χ4n) is 2.30. The Kier molecular flexibility index (Phi) is 2.21. The van der Waals surface area contributed by atoms with Crippen molar-refractivity contribution in [3.05, 3.63) is 53.6 Å². The topological polar surface area (TPSA) is 62.3 Å². The molecule has 0 saturated carbocycles. The fourth-order valence-corrected chi connectivity index (χ4v) is 2.30. The molecule has 1 aliphatic carbocycles. The lowest BCUT2D eigenvalue weighted by Gasteiger charge is -2.00. The van der Waals surface area contributed by atoms with Gasteiger partial charge >= 0.3 is 0 Å². The first-order chi connectivity index (χ1) is 8.38. The highest BCUT2D eigenvalue weighted by Crippen LogP contribution is 2.37. The first kappa shape index (κ1) is 9.75. The van der Waals surface area contributed by atoms with E-state index in [1.807, 2.05) is 6.07 Å². The third kappa shape index (κ3) is 1.61. The molecule has 0 unspecified atom stereocenters. The zero-order valence-electron chi connectivity index (χ0n) is 9.14. The second-order valence-corrected chi connectivity index (χ2v) is 4.02. The van der Waals surface area contributed by atoms with Gasteiger partial charge in [0.1, 0.15) is 5.69 Å². The van der Waals surface area contributed by atoms with Crippen LogP contribution in [0.15, 0.2) is 47.7 Å². The van der Waals surface area contributed by atoms with Gasteiger partial charge in [0.25, 0.3) is 0 Å². The second-order valence-electron chi connectivity index (χ2n) is 4.02. The average Bonchev–Trinajstić information content (AvgIpc) is 2.74. The van der Waals surface area contributed by atoms with Gasteiger partial charge in [-0.3, -0.25) is 0 Å². The van der Waals surface area contributed by atoms with Crippen LogP contribution in [0.3, 0.4) is 0 Å². The van der Waals surface area contributed by atoms with E-state index in [0.29, 0.717) is 0 Å². The van der Waals surface area contributed by atoms with Crippen molar-refractivity contribution in [2.75, 3.05) is 5.43 Å². The third-order valence-corrected chi connectivity index (χ3v) is 3.02. The van der Waals surface area contributed by atoms with Gasteiger partial charge < -0.3 is 0 Å². The molecule has 17 heavy (non-hydrogen) atoms.